The topological polar surface area (TPSA) is 93.8 Å². The van der Waals surface area contributed by atoms with Crippen LogP contribution in [0.5, 0.6) is 0 Å². The average molecular weight is 333 g/mol. The van der Waals surface area contributed by atoms with E-state index in [9.17, 15) is 4.79 Å². The predicted molar refractivity (Wildman–Crippen MR) is 97.8 cm³/mol. The minimum atomic E-state index is -0.701. The van der Waals surface area contributed by atoms with E-state index in [4.69, 9.17) is 5.73 Å². The molecule has 0 aliphatic heterocycles. The van der Waals surface area contributed by atoms with Crippen molar-refractivity contribution in [3.05, 3.63) is 66.6 Å². The smallest absolute Gasteiger partial charge is 0.235 e. The summed E-state index contributed by atoms with van der Waals surface area (Å²) < 4.78 is 0. The third-order valence-electron chi connectivity index (χ3n) is 4.09. The van der Waals surface area contributed by atoms with Gasteiger partial charge in [-0.2, -0.15) is 0 Å². The first-order valence-electron chi connectivity index (χ1n) is 7.88. The molecule has 0 unspecified atom stereocenters. The molecule has 126 valence electrons. The molecular weight excluding hydrogens is 314 g/mol. The van der Waals surface area contributed by atoms with Gasteiger partial charge in [-0.25, -0.2) is 15.0 Å². The Morgan fingerprint density at radius 1 is 0.960 bits per heavy atom. The van der Waals surface area contributed by atoms with Crippen molar-refractivity contribution in [3.63, 3.8) is 0 Å². The Balaban J connectivity index is 1.80. The lowest BCUT2D eigenvalue weighted by Gasteiger charge is -2.24. The summed E-state index contributed by atoms with van der Waals surface area (Å²) in [7, 11) is 0. The van der Waals surface area contributed by atoms with Crippen molar-refractivity contribution in [2.24, 2.45) is 0 Å². The largest absolute Gasteiger partial charge is 0.368 e. The molecule has 3 aromatic rings. The Morgan fingerprint density at radius 3 is 2.24 bits per heavy atom. The number of hydrogen-bond donors (Lipinski definition) is 2. The van der Waals surface area contributed by atoms with Gasteiger partial charge in [0.05, 0.1) is 5.41 Å². The van der Waals surface area contributed by atoms with Crippen LogP contribution in [0.1, 0.15) is 19.4 Å². The van der Waals surface area contributed by atoms with Crippen molar-refractivity contribution in [2.75, 3.05) is 11.1 Å². The number of nitrogens with two attached hydrogens (primary N) is 1. The summed E-state index contributed by atoms with van der Waals surface area (Å²) in [6, 6.07) is 13.2. The zero-order valence-corrected chi connectivity index (χ0v) is 14.1. The van der Waals surface area contributed by atoms with Gasteiger partial charge < -0.3 is 11.1 Å². The highest BCUT2D eigenvalue weighted by Crippen LogP contribution is 2.27. The van der Waals surface area contributed by atoms with Gasteiger partial charge in [0, 0.05) is 24.2 Å². The number of anilines is 2. The molecule has 0 radical (unpaired) electrons. The molecule has 0 bridgehead atoms. The van der Waals surface area contributed by atoms with Crippen LogP contribution in [0, 0.1) is 0 Å². The molecule has 2 aromatic heterocycles. The first kappa shape index (κ1) is 16.6. The van der Waals surface area contributed by atoms with E-state index in [-0.39, 0.29) is 11.9 Å². The molecule has 0 saturated heterocycles. The SMILES string of the molecule is CC(C)(C(=O)Nc1ccccn1)c1ccc(-c2cnc(N)nc2)cc1. The quantitative estimate of drug-likeness (QED) is 0.765. The third-order valence-corrected chi connectivity index (χ3v) is 4.09. The molecule has 0 saturated carbocycles. The fourth-order valence-electron chi connectivity index (χ4n) is 2.41. The molecular formula is C19H19N5O. The standard InChI is InChI=1S/C19H19N5O/c1-19(2,17(25)24-16-5-3-4-10-21-16)15-8-6-13(7-9-15)14-11-22-18(20)23-12-14/h3-12H,1-2H3,(H2,20,22,23)(H,21,24,25). The lowest BCUT2D eigenvalue weighted by Crippen LogP contribution is -2.34. The van der Waals surface area contributed by atoms with Crippen molar-refractivity contribution in [1.29, 1.82) is 0 Å². The van der Waals surface area contributed by atoms with Gasteiger partial charge in [-0.05, 0) is 37.1 Å². The van der Waals surface area contributed by atoms with Crippen LogP contribution < -0.4 is 11.1 Å². The molecule has 0 atom stereocenters. The highest BCUT2D eigenvalue weighted by atomic mass is 16.2. The van der Waals surface area contributed by atoms with E-state index >= 15 is 0 Å². The van der Waals surface area contributed by atoms with E-state index in [0.717, 1.165) is 16.7 Å². The second-order valence-corrected chi connectivity index (χ2v) is 6.20. The number of carbonyl (C=O) groups is 1. The van der Waals surface area contributed by atoms with Gasteiger partial charge in [0.15, 0.2) is 0 Å². The summed E-state index contributed by atoms with van der Waals surface area (Å²) in [6.07, 6.45) is 5.00. The normalized spacial score (nSPS) is 11.1. The van der Waals surface area contributed by atoms with Gasteiger partial charge in [-0.15, -0.1) is 0 Å². The third kappa shape index (κ3) is 3.63. The Hall–Kier alpha value is -3.28. The lowest BCUT2D eigenvalue weighted by molar-refractivity contribution is -0.120. The van der Waals surface area contributed by atoms with E-state index in [1.807, 2.05) is 44.2 Å². The van der Waals surface area contributed by atoms with Gasteiger partial charge >= 0.3 is 0 Å². The van der Waals surface area contributed by atoms with Crippen molar-refractivity contribution in [1.82, 2.24) is 15.0 Å². The fraction of sp³-hybridized carbons (Fsp3) is 0.158. The zero-order valence-electron chi connectivity index (χ0n) is 14.1. The average Bonchev–Trinajstić information content (AvgIpc) is 2.63. The molecule has 1 aromatic carbocycles. The van der Waals surface area contributed by atoms with Crippen LogP contribution in [0.25, 0.3) is 11.1 Å². The van der Waals surface area contributed by atoms with Crippen LogP contribution in [0.2, 0.25) is 0 Å². The second kappa shape index (κ2) is 6.68. The van der Waals surface area contributed by atoms with Crippen LogP contribution in [0.3, 0.4) is 0 Å². The van der Waals surface area contributed by atoms with E-state index in [1.165, 1.54) is 0 Å². The molecule has 6 nitrogen and oxygen atoms in total. The molecule has 25 heavy (non-hydrogen) atoms. The van der Waals surface area contributed by atoms with Crippen molar-refractivity contribution < 1.29 is 4.79 Å². The Kier molecular flexibility index (Phi) is 4.43. The van der Waals surface area contributed by atoms with Crippen LogP contribution >= 0.6 is 0 Å². The molecule has 3 N–H and O–H groups in total. The number of hydrogen-bond acceptors (Lipinski definition) is 5. The van der Waals surface area contributed by atoms with E-state index in [2.05, 4.69) is 20.3 Å². The Bertz CT molecular complexity index is 859. The second-order valence-electron chi connectivity index (χ2n) is 6.20. The van der Waals surface area contributed by atoms with E-state index in [1.54, 1.807) is 30.7 Å². The summed E-state index contributed by atoms with van der Waals surface area (Å²) in [5, 5.41) is 2.85. The molecule has 3 rings (SSSR count). The number of carbonyl (C=O) groups excluding carboxylic acids is 1. The number of nitrogens with one attached hydrogen (secondary N) is 1. The van der Waals surface area contributed by atoms with E-state index in [0.29, 0.717) is 5.82 Å². The van der Waals surface area contributed by atoms with Gasteiger partial charge in [0.1, 0.15) is 5.82 Å². The number of nitrogen functional groups attached to an aromatic ring is 1. The highest BCUT2D eigenvalue weighted by molar-refractivity contribution is 5.98. The van der Waals surface area contributed by atoms with Crippen LogP contribution in [0.4, 0.5) is 11.8 Å². The molecule has 0 aliphatic carbocycles. The van der Waals surface area contributed by atoms with Crippen molar-refractivity contribution >= 4 is 17.7 Å². The van der Waals surface area contributed by atoms with Crippen molar-refractivity contribution in [3.8, 4) is 11.1 Å². The predicted octanol–water partition coefficient (Wildman–Crippen LogP) is 3.04. The summed E-state index contributed by atoms with van der Waals surface area (Å²) in [4.78, 5) is 24.8. The number of benzene rings is 1. The fourth-order valence-corrected chi connectivity index (χ4v) is 2.41. The molecule has 2 heterocycles. The van der Waals surface area contributed by atoms with Gasteiger partial charge in [-0.1, -0.05) is 30.3 Å². The number of rotatable bonds is 4. The first-order valence-corrected chi connectivity index (χ1v) is 7.88. The number of aromatic nitrogens is 3. The van der Waals surface area contributed by atoms with Crippen LogP contribution in [-0.2, 0) is 10.2 Å². The molecule has 6 heteroatoms. The van der Waals surface area contributed by atoms with Gasteiger partial charge in [0.25, 0.3) is 0 Å². The maximum Gasteiger partial charge on any atom is 0.235 e. The molecule has 1 amide bonds. The summed E-state index contributed by atoms with van der Waals surface area (Å²) in [5.74, 6) is 0.665. The monoisotopic (exact) mass is 333 g/mol. The van der Waals surface area contributed by atoms with Crippen molar-refractivity contribution in [2.45, 2.75) is 19.3 Å². The molecule has 0 spiro atoms. The Morgan fingerprint density at radius 2 is 1.64 bits per heavy atom. The summed E-state index contributed by atoms with van der Waals surface area (Å²) in [5.41, 5.74) is 7.55. The minimum Gasteiger partial charge on any atom is -0.368 e. The minimum absolute atomic E-state index is 0.116. The van der Waals surface area contributed by atoms with E-state index < -0.39 is 5.41 Å². The lowest BCUT2D eigenvalue weighted by atomic mass is 9.83. The Labute approximate surface area is 146 Å². The number of pyridine rings is 1. The summed E-state index contributed by atoms with van der Waals surface area (Å²) in [6.45, 7) is 3.76. The van der Waals surface area contributed by atoms with Gasteiger partial charge in [-0.3, -0.25) is 4.79 Å². The summed E-state index contributed by atoms with van der Waals surface area (Å²) >= 11 is 0. The molecule has 0 aliphatic rings. The zero-order chi connectivity index (χ0) is 17.9. The molecule has 0 fully saturated rings. The highest BCUT2D eigenvalue weighted by Gasteiger charge is 2.30. The van der Waals surface area contributed by atoms with Crippen LogP contribution in [-0.4, -0.2) is 20.9 Å². The number of nitrogens with zero attached hydrogens (tertiary/aromatic N) is 3. The maximum absolute atomic E-state index is 12.6. The van der Waals surface area contributed by atoms with Crippen LogP contribution in [0.15, 0.2) is 61.1 Å². The number of amides is 1. The maximum atomic E-state index is 12.6. The van der Waals surface area contributed by atoms with Gasteiger partial charge in [0.2, 0.25) is 11.9 Å². The first-order chi connectivity index (χ1) is 12.0.